The van der Waals surface area contributed by atoms with Gasteiger partial charge in [-0.2, -0.15) is 0 Å². The van der Waals surface area contributed by atoms with Crippen molar-refractivity contribution in [2.24, 2.45) is 5.41 Å². The van der Waals surface area contributed by atoms with E-state index in [0.29, 0.717) is 5.41 Å². The fourth-order valence-electron chi connectivity index (χ4n) is 1.68. The van der Waals surface area contributed by atoms with E-state index in [-0.39, 0.29) is 0 Å². The van der Waals surface area contributed by atoms with Crippen LogP contribution < -0.4 is 0 Å². The van der Waals surface area contributed by atoms with E-state index in [4.69, 9.17) is 0 Å². The molecule has 0 aromatic heterocycles. The molecule has 1 aliphatic carbocycles. The average molecular weight is 148 g/mol. The van der Waals surface area contributed by atoms with Crippen molar-refractivity contribution in [3.63, 3.8) is 0 Å². The lowest BCUT2D eigenvalue weighted by atomic mass is 10.1. The quantitative estimate of drug-likeness (QED) is 0.462. The first-order chi connectivity index (χ1) is 5.13. The molecule has 11 heavy (non-hydrogen) atoms. The third-order valence-electron chi connectivity index (χ3n) is 2.80. The maximum Gasteiger partial charge on any atom is 0.177 e. The van der Waals surface area contributed by atoms with E-state index in [1.807, 2.05) is 0 Å². The Balaban J connectivity index is 2.50. The molecule has 0 saturated heterocycles. The molecule has 1 heteroatoms. The predicted octanol–water partition coefficient (Wildman–Crippen LogP) is 1.95. The van der Waals surface area contributed by atoms with Crippen LogP contribution in [-0.2, 0) is 0 Å². The van der Waals surface area contributed by atoms with Crippen molar-refractivity contribution in [1.82, 2.24) is 0 Å². The second-order valence-electron chi connectivity index (χ2n) is 3.77. The van der Waals surface area contributed by atoms with Gasteiger partial charge in [0, 0.05) is 19.4 Å². The normalized spacial score (nSPS) is 34.6. The summed E-state index contributed by atoms with van der Waals surface area (Å²) in [4.78, 5) is 0. The molecule has 2 rings (SSSR count). The Hall–Kier alpha value is -0.850. The molecule has 1 atom stereocenters. The summed E-state index contributed by atoms with van der Waals surface area (Å²) in [5, 5.41) is 0. The second-order valence-corrected chi connectivity index (χ2v) is 3.77. The van der Waals surface area contributed by atoms with Crippen LogP contribution >= 0.6 is 0 Å². The third-order valence-corrected chi connectivity index (χ3v) is 2.80. The van der Waals surface area contributed by atoms with Gasteiger partial charge in [0.1, 0.15) is 7.05 Å². The number of hydrogen-bond acceptors (Lipinski definition) is 0. The number of nitrogens with zero attached hydrogens (tertiary/aromatic N) is 1. The highest BCUT2D eigenvalue weighted by Gasteiger charge is 2.52. The van der Waals surface area contributed by atoms with E-state index in [9.17, 15) is 0 Å². The van der Waals surface area contributed by atoms with Crippen molar-refractivity contribution >= 4 is 5.71 Å². The van der Waals surface area contributed by atoms with Gasteiger partial charge in [0.2, 0.25) is 0 Å². The van der Waals surface area contributed by atoms with Crippen LogP contribution in [0.15, 0.2) is 23.9 Å². The average Bonchev–Trinajstić information content (AvgIpc) is 2.60. The SMILES string of the molecule is CC1=CC=CC2(C)CC2=[N+]1C. The third kappa shape index (κ3) is 0.873. The van der Waals surface area contributed by atoms with Gasteiger partial charge in [-0.3, -0.25) is 0 Å². The lowest BCUT2D eigenvalue weighted by Crippen LogP contribution is -2.07. The van der Waals surface area contributed by atoms with Crippen LogP contribution in [0, 0.1) is 5.41 Å². The van der Waals surface area contributed by atoms with Crippen LogP contribution in [-0.4, -0.2) is 17.3 Å². The van der Waals surface area contributed by atoms with Crippen molar-refractivity contribution in [2.45, 2.75) is 20.3 Å². The Morgan fingerprint density at radius 2 is 2.27 bits per heavy atom. The van der Waals surface area contributed by atoms with Crippen LogP contribution in [0.1, 0.15) is 20.3 Å². The van der Waals surface area contributed by atoms with Gasteiger partial charge in [0.25, 0.3) is 0 Å². The number of hydrogen-bond donors (Lipinski definition) is 0. The molecule has 1 aliphatic heterocycles. The summed E-state index contributed by atoms with van der Waals surface area (Å²) >= 11 is 0. The van der Waals surface area contributed by atoms with E-state index in [1.54, 1.807) is 5.71 Å². The molecule has 1 unspecified atom stereocenters. The molecule has 0 aromatic rings. The van der Waals surface area contributed by atoms with Gasteiger partial charge in [-0.15, -0.1) is 0 Å². The Morgan fingerprint density at radius 3 is 3.00 bits per heavy atom. The highest BCUT2D eigenvalue weighted by molar-refractivity contribution is 6.03. The van der Waals surface area contributed by atoms with Gasteiger partial charge in [-0.1, -0.05) is 12.2 Å². The lowest BCUT2D eigenvalue weighted by Gasteiger charge is -1.93. The monoisotopic (exact) mass is 148 g/mol. The highest BCUT2D eigenvalue weighted by Crippen LogP contribution is 2.44. The maximum atomic E-state index is 2.31. The number of allylic oxidation sites excluding steroid dienone is 4. The zero-order valence-electron chi connectivity index (χ0n) is 7.39. The smallest absolute Gasteiger partial charge is 0.177 e. The van der Waals surface area contributed by atoms with Crippen molar-refractivity contribution in [2.75, 3.05) is 7.05 Å². The number of rotatable bonds is 0. The molecule has 0 amide bonds. The molecule has 0 N–H and O–H groups in total. The van der Waals surface area contributed by atoms with Crippen molar-refractivity contribution < 1.29 is 4.58 Å². The van der Waals surface area contributed by atoms with Gasteiger partial charge in [0.05, 0.1) is 5.41 Å². The van der Waals surface area contributed by atoms with E-state index in [0.717, 1.165) is 0 Å². The minimum atomic E-state index is 0.392. The molecule has 1 saturated carbocycles. The molecule has 2 aliphatic rings. The summed E-state index contributed by atoms with van der Waals surface area (Å²) in [6.07, 6.45) is 7.89. The molecule has 1 heterocycles. The minimum Gasteiger partial charge on any atom is -0.206 e. The second kappa shape index (κ2) is 1.84. The Labute approximate surface area is 67.7 Å². The first kappa shape index (κ1) is 6.84. The molecule has 0 spiro atoms. The van der Waals surface area contributed by atoms with Crippen LogP contribution in [0.25, 0.3) is 0 Å². The van der Waals surface area contributed by atoms with Gasteiger partial charge in [0.15, 0.2) is 11.4 Å². The molecule has 1 nitrogen and oxygen atoms in total. The predicted molar refractivity (Wildman–Crippen MR) is 46.8 cm³/mol. The van der Waals surface area contributed by atoms with E-state index < -0.39 is 0 Å². The molecule has 0 aromatic carbocycles. The zero-order valence-corrected chi connectivity index (χ0v) is 7.39. The summed E-state index contributed by atoms with van der Waals surface area (Å²) in [6, 6.07) is 0. The standard InChI is InChI=1S/C10H14N/c1-8-5-4-6-10(2)7-9(10)11(8)3/h4-6H,7H2,1-3H3/q+1. The lowest BCUT2D eigenvalue weighted by molar-refractivity contribution is -0.442. The fourth-order valence-corrected chi connectivity index (χ4v) is 1.68. The fraction of sp³-hybridized carbons (Fsp3) is 0.500. The Kier molecular flexibility index (Phi) is 1.15. The van der Waals surface area contributed by atoms with Crippen molar-refractivity contribution in [1.29, 1.82) is 0 Å². The van der Waals surface area contributed by atoms with Crippen LogP contribution in [0.5, 0.6) is 0 Å². The molecule has 0 bridgehead atoms. The van der Waals surface area contributed by atoms with Crippen LogP contribution in [0.3, 0.4) is 0 Å². The van der Waals surface area contributed by atoms with Crippen molar-refractivity contribution in [3.05, 3.63) is 23.9 Å². The van der Waals surface area contributed by atoms with Gasteiger partial charge in [-0.25, -0.2) is 4.58 Å². The first-order valence-corrected chi connectivity index (χ1v) is 4.10. The molecule has 1 fully saturated rings. The Morgan fingerprint density at radius 1 is 1.55 bits per heavy atom. The summed E-state index contributed by atoms with van der Waals surface area (Å²) in [5.74, 6) is 0. The summed E-state index contributed by atoms with van der Waals surface area (Å²) in [7, 11) is 2.15. The maximum absolute atomic E-state index is 2.31. The minimum absolute atomic E-state index is 0.392. The molecule has 58 valence electrons. The van der Waals surface area contributed by atoms with Crippen molar-refractivity contribution in [3.8, 4) is 0 Å². The summed E-state index contributed by atoms with van der Waals surface area (Å²) in [6.45, 7) is 4.45. The van der Waals surface area contributed by atoms with Gasteiger partial charge < -0.3 is 0 Å². The van der Waals surface area contributed by atoms with Crippen LogP contribution in [0.4, 0.5) is 0 Å². The van der Waals surface area contributed by atoms with E-state index in [2.05, 4.69) is 43.7 Å². The first-order valence-electron chi connectivity index (χ1n) is 4.10. The molecular weight excluding hydrogens is 134 g/mol. The largest absolute Gasteiger partial charge is 0.206 e. The van der Waals surface area contributed by atoms with Gasteiger partial charge >= 0.3 is 0 Å². The summed E-state index contributed by atoms with van der Waals surface area (Å²) < 4.78 is 2.31. The summed E-state index contributed by atoms with van der Waals surface area (Å²) in [5.41, 5.74) is 3.29. The van der Waals surface area contributed by atoms with E-state index >= 15 is 0 Å². The molecular formula is C10H14N+. The Bertz CT molecular complexity index is 294. The highest BCUT2D eigenvalue weighted by atomic mass is 15.0. The van der Waals surface area contributed by atoms with Gasteiger partial charge in [-0.05, 0) is 6.92 Å². The van der Waals surface area contributed by atoms with Crippen LogP contribution in [0.2, 0.25) is 0 Å². The van der Waals surface area contributed by atoms with E-state index in [1.165, 1.54) is 12.1 Å². The molecule has 0 radical (unpaired) electrons. The number of fused-ring (bicyclic) bond motifs is 1. The topological polar surface area (TPSA) is 3.01 Å². The zero-order chi connectivity index (χ0) is 8.06.